The number of aryl methyl sites for hydroxylation is 1. The second-order valence-corrected chi connectivity index (χ2v) is 10.0. The molecular weight excluding hydrogens is 380 g/mol. The van der Waals surface area contributed by atoms with E-state index in [1.165, 1.54) is 38.1 Å². The third-order valence-electron chi connectivity index (χ3n) is 5.63. The molecule has 2 aromatic rings. The quantitative estimate of drug-likeness (QED) is 0.467. The summed E-state index contributed by atoms with van der Waals surface area (Å²) in [6.07, 6.45) is 2.97. The zero-order chi connectivity index (χ0) is 19.7. The fraction of sp³-hybridized carbons (Fsp3) is 0.522. The van der Waals surface area contributed by atoms with Crippen molar-refractivity contribution in [2.24, 2.45) is 0 Å². The lowest BCUT2D eigenvalue weighted by Gasteiger charge is -2.26. The lowest BCUT2D eigenvalue weighted by Crippen LogP contribution is -2.32. The molecule has 1 aromatic heterocycles. The van der Waals surface area contributed by atoms with Crippen molar-refractivity contribution < 1.29 is 14.2 Å². The highest BCUT2D eigenvalue weighted by molar-refractivity contribution is 6.35. The molecule has 0 atom stereocenters. The molecule has 2 saturated heterocycles. The van der Waals surface area contributed by atoms with Gasteiger partial charge in [0.2, 0.25) is 6.29 Å². The van der Waals surface area contributed by atoms with Crippen molar-refractivity contribution in [2.75, 3.05) is 32.8 Å². The number of rotatable bonds is 9. The van der Waals surface area contributed by atoms with E-state index >= 15 is 0 Å². The number of unbranched alkanes of at least 4 members (excludes halogenated alkanes) is 1. The zero-order valence-corrected chi connectivity index (χ0v) is 18.6. The summed E-state index contributed by atoms with van der Waals surface area (Å²) in [5.74, 6) is 0.752. The van der Waals surface area contributed by atoms with Crippen molar-refractivity contribution in [1.29, 1.82) is 0 Å². The van der Waals surface area contributed by atoms with E-state index in [4.69, 9.17) is 19.2 Å². The Kier molecular flexibility index (Phi) is 7.70. The fourth-order valence-corrected chi connectivity index (χ4v) is 5.71. The molecule has 156 valence electrons. The average molecular weight is 413 g/mol. The maximum absolute atomic E-state index is 6.07. The summed E-state index contributed by atoms with van der Waals surface area (Å²) >= 11 is 0. The van der Waals surface area contributed by atoms with E-state index in [0.29, 0.717) is 19.8 Å². The smallest absolute Gasteiger partial charge is 0.205 e. The molecule has 5 nitrogen and oxygen atoms in total. The van der Waals surface area contributed by atoms with Gasteiger partial charge >= 0.3 is 0 Å². The summed E-state index contributed by atoms with van der Waals surface area (Å²) in [7, 11) is 0.281. The van der Waals surface area contributed by atoms with Crippen LogP contribution >= 0.6 is 0 Å². The summed E-state index contributed by atoms with van der Waals surface area (Å²) < 4.78 is 17.5. The third kappa shape index (κ3) is 6.12. The van der Waals surface area contributed by atoms with Crippen LogP contribution in [0.5, 0.6) is 5.75 Å². The predicted octanol–water partition coefficient (Wildman–Crippen LogP) is 3.35. The summed E-state index contributed by atoms with van der Waals surface area (Å²) in [6.45, 7) is 5.62. The van der Waals surface area contributed by atoms with Gasteiger partial charge in [0.25, 0.3) is 0 Å². The van der Waals surface area contributed by atoms with Gasteiger partial charge in [0, 0.05) is 15.2 Å². The van der Waals surface area contributed by atoms with Gasteiger partial charge in [-0.25, -0.2) is 4.98 Å². The van der Waals surface area contributed by atoms with Crippen molar-refractivity contribution in [3.8, 4) is 5.75 Å². The zero-order valence-electron chi connectivity index (χ0n) is 17.2. The molecule has 0 N–H and O–H groups in total. The molecule has 3 heterocycles. The molecule has 0 saturated carbocycles. The molecule has 0 radical (unpaired) electrons. The fourth-order valence-electron chi connectivity index (χ4n) is 4.01. The Labute approximate surface area is 176 Å². The Morgan fingerprint density at radius 2 is 1.79 bits per heavy atom. The summed E-state index contributed by atoms with van der Waals surface area (Å²) in [4.78, 5) is 7.50. The van der Waals surface area contributed by atoms with Gasteiger partial charge < -0.3 is 19.1 Å². The first-order valence-electron chi connectivity index (χ1n) is 11.0. The van der Waals surface area contributed by atoms with Gasteiger partial charge in [0.1, 0.15) is 18.1 Å². The van der Waals surface area contributed by atoms with Crippen molar-refractivity contribution in [1.82, 2.24) is 9.88 Å². The normalized spacial score (nSPS) is 18.2. The van der Waals surface area contributed by atoms with Crippen LogP contribution in [0.2, 0.25) is 12.1 Å². The van der Waals surface area contributed by atoms with Gasteiger partial charge in [-0.05, 0) is 56.6 Å². The van der Waals surface area contributed by atoms with Crippen LogP contribution in [-0.4, -0.2) is 52.3 Å². The monoisotopic (exact) mass is 412 g/mol. The Morgan fingerprint density at radius 3 is 2.59 bits per heavy atom. The summed E-state index contributed by atoms with van der Waals surface area (Å²) in [5.41, 5.74) is 3.00. The topological polar surface area (TPSA) is 43.8 Å². The standard InChI is InChI=1S/C23H32N2O3Si/c1-2-6-19(7-3-1)18-28-21-10-9-20(24-22(21)23-26-14-15-27-23)8-4-5-11-25-12-16-29-17-13-25/h1-3,6-7,9-10,23H,4-5,8,11-18,29H2. The minimum atomic E-state index is -0.418. The van der Waals surface area contributed by atoms with Gasteiger partial charge in [-0.1, -0.05) is 42.4 Å². The Morgan fingerprint density at radius 1 is 1.00 bits per heavy atom. The third-order valence-corrected chi connectivity index (χ3v) is 7.26. The van der Waals surface area contributed by atoms with Crippen molar-refractivity contribution in [3.63, 3.8) is 0 Å². The van der Waals surface area contributed by atoms with Crippen LogP contribution in [0.15, 0.2) is 42.5 Å². The second-order valence-electron chi connectivity index (χ2n) is 7.89. The molecule has 2 aliphatic rings. The molecule has 4 rings (SSSR count). The molecule has 2 fully saturated rings. The summed E-state index contributed by atoms with van der Waals surface area (Å²) in [5, 5.41) is 0. The first kappa shape index (κ1) is 20.5. The highest BCUT2D eigenvalue weighted by Crippen LogP contribution is 2.30. The molecule has 29 heavy (non-hydrogen) atoms. The number of aromatic nitrogens is 1. The summed E-state index contributed by atoms with van der Waals surface area (Å²) in [6, 6.07) is 17.3. The lowest BCUT2D eigenvalue weighted by atomic mass is 10.1. The van der Waals surface area contributed by atoms with Gasteiger partial charge in [-0.15, -0.1) is 0 Å². The van der Waals surface area contributed by atoms with E-state index in [2.05, 4.69) is 23.1 Å². The van der Waals surface area contributed by atoms with Gasteiger partial charge in [0.05, 0.1) is 13.2 Å². The van der Waals surface area contributed by atoms with E-state index in [0.717, 1.165) is 35.5 Å². The van der Waals surface area contributed by atoms with Crippen molar-refractivity contribution >= 4 is 9.52 Å². The van der Waals surface area contributed by atoms with E-state index in [1.54, 1.807) is 0 Å². The van der Waals surface area contributed by atoms with Crippen LogP contribution in [0.25, 0.3) is 0 Å². The Balaban J connectivity index is 1.34. The van der Waals surface area contributed by atoms with Crippen LogP contribution in [-0.2, 0) is 22.5 Å². The first-order chi connectivity index (χ1) is 14.4. The molecule has 1 aromatic carbocycles. The lowest BCUT2D eigenvalue weighted by molar-refractivity contribution is -0.0493. The highest BCUT2D eigenvalue weighted by Gasteiger charge is 2.24. The van der Waals surface area contributed by atoms with Crippen molar-refractivity contribution in [2.45, 2.75) is 44.2 Å². The maximum Gasteiger partial charge on any atom is 0.205 e. The number of nitrogens with zero attached hydrogens (tertiary/aromatic N) is 2. The molecular formula is C23H32N2O3Si. The van der Waals surface area contributed by atoms with Gasteiger partial charge in [0.15, 0.2) is 0 Å². The molecule has 0 unspecified atom stereocenters. The molecule has 6 heteroatoms. The van der Waals surface area contributed by atoms with Crippen molar-refractivity contribution in [3.05, 3.63) is 59.4 Å². The SMILES string of the molecule is c1ccc(COc2ccc(CCCCN3CC[SiH2]CC3)nc2C2OCCO2)cc1. The van der Waals surface area contributed by atoms with Crippen LogP contribution < -0.4 is 4.74 Å². The van der Waals surface area contributed by atoms with E-state index in [1.807, 2.05) is 24.3 Å². The van der Waals surface area contributed by atoms with E-state index in [9.17, 15) is 0 Å². The predicted molar refractivity (Wildman–Crippen MR) is 117 cm³/mol. The van der Waals surface area contributed by atoms with Crippen LogP contribution in [0, 0.1) is 0 Å². The van der Waals surface area contributed by atoms with E-state index in [-0.39, 0.29) is 9.52 Å². The van der Waals surface area contributed by atoms with Gasteiger partial charge in [-0.2, -0.15) is 0 Å². The number of pyridine rings is 1. The van der Waals surface area contributed by atoms with E-state index < -0.39 is 6.29 Å². The Bertz CT molecular complexity index is 747. The highest BCUT2D eigenvalue weighted by atomic mass is 28.2. The van der Waals surface area contributed by atoms with Crippen LogP contribution in [0.3, 0.4) is 0 Å². The van der Waals surface area contributed by atoms with Crippen LogP contribution in [0.4, 0.5) is 0 Å². The van der Waals surface area contributed by atoms with Gasteiger partial charge in [-0.3, -0.25) is 0 Å². The Hall–Kier alpha value is -1.73. The molecule has 0 amide bonds. The largest absolute Gasteiger partial charge is 0.487 e. The minimum Gasteiger partial charge on any atom is -0.487 e. The molecule has 2 aliphatic heterocycles. The van der Waals surface area contributed by atoms with Crippen LogP contribution in [0.1, 0.15) is 36.1 Å². The number of benzene rings is 1. The minimum absolute atomic E-state index is 0.281. The number of ether oxygens (including phenoxy) is 3. The molecule has 0 spiro atoms. The maximum atomic E-state index is 6.07. The second kappa shape index (κ2) is 10.9. The number of hydrogen-bond acceptors (Lipinski definition) is 5. The number of hydrogen-bond donors (Lipinski definition) is 0. The molecule has 0 aliphatic carbocycles. The average Bonchev–Trinajstić information content (AvgIpc) is 3.32. The first-order valence-corrected chi connectivity index (χ1v) is 13.0. The molecule has 0 bridgehead atoms.